The molecular formula is C20H25F3N4O. The molecule has 0 unspecified atom stereocenters. The highest BCUT2D eigenvalue weighted by Gasteiger charge is 2.30. The molecule has 0 spiro atoms. The summed E-state index contributed by atoms with van der Waals surface area (Å²) in [5.41, 5.74) is 1.59. The molecule has 1 saturated heterocycles. The van der Waals surface area contributed by atoms with Crippen molar-refractivity contribution in [3.63, 3.8) is 0 Å². The molecule has 1 aromatic heterocycles. The second-order valence-corrected chi connectivity index (χ2v) is 7.64. The van der Waals surface area contributed by atoms with Gasteiger partial charge in [0, 0.05) is 38.4 Å². The first-order chi connectivity index (χ1) is 13.2. The highest BCUT2D eigenvalue weighted by molar-refractivity contribution is 5.92. The van der Waals surface area contributed by atoms with Crippen molar-refractivity contribution in [2.45, 2.75) is 33.0 Å². The van der Waals surface area contributed by atoms with Gasteiger partial charge in [-0.3, -0.25) is 14.8 Å². The van der Waals surface area contributed by atoms with Crippen LogP contribution in [0.15, 0.2) is 30.3 Å². The van der Waals surface area contributed by atoms with Crippen molar-refractivity contribution < 1.29 is 18.0 Å². The van der Waals surface area contributed by atoms with Crippen LogP contribution in [0, 0.1) is 5.92 Å². The standard InChI is InChI=1S/C20H25F3N4O/c1-14(2)11-17-12-18(25-24-17)19(28)27-9-7-26(8-10-27)13-15-3-5-16(6-4-15)20(21,22)23/h3-6,12,14H,7-11,13H2,1-2H3,(H,24,25). The first kappa shape index (κ1) is 20.4. The molecule has 0 atom stereocenters. The fraction of sp³-hybridized carbons (Fsp3) is 0.500. The minimum atomic E-state index is -4.31. The zero-order chi connectivity index (χ0) is 20.3. The summed E-state index contributed by atoms with van der Waals surface area (Å²) >= 11 is 0. The lowest BCUT2D eigenvalue weighted by Crippen LogP contribution is -2.48. The SMILES string of the molecule is CC(C)Cc1cc(C(=O)N2CCN(Cc3ccc(C(F)(F)F)cc3)CC2)n[nH]1. The van der Waals surface area contributed by atoms with Gasteiger partial charge in [0.15, 0.2) is 0 Å². The maximum absolute atomic E-state index is 12.6. The zero-order valence-corrected chi connectivity index (χ0v) is 16.1. The van der Waals surface area contributed by atoms with E-state index >= 15 is 0 Å². The van der Waals surface area contributed by atoms with Crippen LogP contribution in [-0.2, 0) is 19.1 Å². The van der Waals surface area contributed by atoms with Crippen LogP contribution < -0.4 is 0 Å². The number of amides is 1. The molecule has 1 aliphatic heterocycles. The van der Waals surface area contributed by atoms with Gasteiger partial charge in [0.1, 0.15) is 5.69 Å². The van der Waals surface area contributed by atoms with Crippen LogP contribution in [0.3, 0.4) is 0 Å². The topological polar surface area (TPSA) is 52.2 Å². The summed E-state index contributed by atoms with van der Waals surface area (Å²) in [7, 11) is 0. The van der Waals surface area contributed by atoms with E-state index in [1.54, 1.807) is 4.90 Å². The molecule has 1 fully saturated rings. The number of aromatic nitrogens is 2. The molecule has 2 heterocycles. The summed E-state index contributed by atoms with van der Waals surface area (Å²) in [6, 6.07) is 7.07. The van der Waals surface area contributed by atoms with Gasteiger partial charge in [-0.1, -0.05) is 26.0 Å². The molecule has 152 valence electrons. The average molecular weight is 394 g/mol. The molecule has 0 radical (unpaired) electrons. The second kappa shape index (κ2) is 8.34. The van der Waals surface area contributed by atoms with Gasteiger partial charge in [0.05, 0.1) is 5.56 Å². The number of hydrogen-bond acceptors (Lipinski definition) is 3. The predicted molar refractivity (Wildman–Crippen MR) is 99.8 cm³/mol. The Balaban J connectivity index is 1.51. The van der Waals surface area contributed by atoms with Gasteiger partial charge >= 0.3 is 6.18 Å². The molecule has 5 nitrogen and oxygen atoms in total. The number of piperazine rings is 1. The highest BCUT2D eigenvalue weighted by atomic mass is 19.4. The van der Waals surface area contributed by atoms with E-state index < -0.39 is 11.7 Å². The first-order valence-electron chi connectivity index (χ1n) is 9.44. The minimum Gasteiger partial charge on any atom is -0.335 e. The van der Waals surface area contributed by atoms with Crippen LogP contribution >= 0.6 is 0 Å². The van der Waals surface area contributed by atoms with Gasteiger partial charge in [-0.25, -0.2) is 0 Å². The predicted octanol–water partition coefficient (Wildman–Crippen LogP) is 3.59. The number of alkyl halides is 3. The third-order valence-electron chi connectivity index (χ3n) is 4.83. The Labute approximate surface area is 162 Å². The minimum absolute atomic E-state index is 0.0829. The summed E-state index contributed by atoms with van der Waals surface area (Å²) in [5.74, 6) is 0.401. The lowest BCUT2D eigenvalue weighted by atomic mass is 10.1. The van der Waals surface area contributed by atoms with Crippen molar-refractivity contribution in [2.75, 3.05) is 26.2 Å². The van der Waals surface area contributed by atoms with E-state index in [-0.39, 0.29) is 5.91 Å². The summed E-state index contributed by atoms with van der Waals surface area (Å²) in [5, 5.41) is 7.06. The van der Waals surface area contributed by atoms with Crippen LogP contribution in [0.2, 0.25) is 0 Å². The van der Waals surface area contributed by atoms with E-state index in [4.69, 9.17) is 0 Å². The Bertz CT molecular complexity index is 791. The van der Waals surface area contributed by atoms with E-state index in [9.17, 15) is 18.0 Å². The molecule has 3 rings (SSSR count). The number of nitrogens with one attached hydrogen (secondary N) is 1. The molecular weight excluding hydrogens is 369 g/mol. The fourth-order valence-electron chi connectivity index (χ4n) is 3.34. The van der Waals surface area contributed by atoms with Crippen molar-refractivity contribution in [1.29, 1.82) is 0 Å². The number of hydrogen-bond donors (Lipinski definition) is 1. The largest absolute Gasteiger partial charge is 0.416 e. The molecule has 1 aromatic carbocycles. The average Bonchev–Trinajstić information content (AvgIpc) is 3.09. The van der Waals surface area contributed by atoms with Crippen molar-refractivity contribution in [3.05, 3.63) is 52.8 Å². The maximum Gasteiger partial charge on any atom is 0.416 e. The van der Waals surface area contributed by atoms with Crippen LogP contribution in [0.5, 0.6) is 0 Å². The number of halogens is 3. The number of carbonyl (C=O) groups excluding carboxylic acids is 1. The summed E-state index contributed by atoms with van der Waals surface area (Å²) < 4.78 is 37.9. The zero-order valence-electron chi connectivity index (χ0n) is 16.1. The third-order valence-corrected chi connectivity index (χ3v) is 4.83. The first-order valence-corrected chi connectivity index (χ1v) is 9.44. The number of benzene rings is 1. The van der Waals surface area contributed by atoms with Crippen molar-refractivity contribution in [1.82, 2.24) is 20.0 Å². The maximum atomic E-state index is 12.6. The van der Waals surface area contributed by atoms with Gasteiger partial charge in [-0.15, -0.1) is 0 Å². The Kier molecular flexibility index (Phi) is 6.07. The van der Waals surface area contributed by atoms with Gasteiger partial charge in [0.2, 0.25) is 0 Å². The van der Waals surface area contributed by atoms with E-state index in [0.717, 1.165) is 29.8 Å². The fourth-order valence-corrected chi connectivity index (χ4v) is 3.34. The molecule has 0 saturated carbocycles. The number of H-pyrrole nitrogens is 1. The van der Waals surface area contributed by atoms with E-state index in [1.165, 1.54) is 12.1 Å². The normalized spacial score (nSPS) is 16.0. The molecule has 1 amide bonds. The summed E-state index contributed by atoms with van der Waals surface area (Å²) in [6.45, 7) is 7.29. The Morgan fingerprint density at radius 2 is 1.79 bits per heavy atom. The van der Waals surface area contributed by atoms with Crippen LogP contribution in [-0.4, -0.2) is 52.1 Å². The van der Waals surface area contributed by atoms with Gasteiger partial charge in [0.25, 0.3) is 5.91 Å². The molecule has 8 heteroatoms. The molecule has 1 N–H and O–H groups in total. The quantitative estimate of drug-likeness (QED) is 0.843. The third kappa shape index (κ3) is 5.13. The lowest BCUT2D eigenvalue weighted by molar-refractivity contribution is -0.137. The second-order valence-electron chi connectivity index (χ2n) is 7.64. The van der Waals surface area contributed by atoms with Crippen molar-refractivity contribution >= 4 is 5.91 Å². The highest BCUT2D eigenvalue weighted by Crippen LogP contribution is 2.29. The Morgan fingerprint density at radius 1 is 1.14 bits per heavy atom. The van der Waals surface area contributed by atoms with Gasteiger partial charge in [-0.2, -0.15) is 18.3 Å². The molecule has 28 heavy (non-hydrogen) atoms. The smallest absolute Gasteiger partial charge is 0.335 e. The summed E-state index contributed by atoms with van der Waals surface area (Å²) in [4.78, 5) is 16.5. The van der Waals surface area contributed by atoms with Gasteiger partial charge in [-0.05, 0) is 36.1 Å². The van der Waals surface area contributed by atoms with Gasteiger partial charge < -0.3 is 4.90 Å². The van der Waals surface area contributed by atoms with Crippen LogP contribution in [0.4, 0.5) is 13.2 Å². The van der Waals surface area contributed by atoms with Crippen molar-refractivity contribution in [2.24, 2.45) is 5.92 Å². The molecule has 1 aliphatic rings. The van der Waals surface area contributed by atoms with Crippen molar-refractivity contribution in [3.8, 4) is 0 Å². The number of aromatic amines is 1. The Morgan fingerprint density at radius 3 is 2.36 bits per heavy atom. The number of rotatable bonds is 5. The lowest BCUT2D eigenvalue weighted by Gasteiger charge is -2.34. The van der Waals surface area contributed by atoms with E-state index in [1.807, 2.05) is 6.07 Å². The Hall–Kier alpha value is -2.35. The van der Waals surface area contributed by atoms with Crippen LogP contribution in [0.25, 0.3) is 0 Å². The van der Waals surface area contributed by atoms with E-state index in [0.29, 0.717) is 44.3 Å². The molecule has 0 bridgehead atoms. The monoisotopic (exact) mass is 394 g/mol. The van der Waals surface area contributed by atoms with E-state index in [2.05, 4.69) is 28.9 Å². The van der Waals surface area contributed by atoms with Crippen LogP contribution in [0.1, 0.15) is 41.2 Å². The number of carbonyl (C=O) groups is 1. The number of nitrogens with zero attached hydrogens (tertiary/aromatic N) is 3. The summed E-state index contributed by atoms with van der Waals surface area (Å²) in [6.07, 6.45) is -3.47. The molecule has 0 aliphatic carbocycles. The molecule has 2 aromatic rings.